The Labute approximate surface area is 205 Å². The second kappa shape index (κ2) is 20.4. The van der Waals surface area contributed by atoms with Crippen LogP contribution in [0.25, 0.3) is 0 Å². The molecule has 1 N–H and O–H groups in total. The van der Waals surface area contributed by atoms with Crippen molar-refractivity contribution in [3.05, 3.63) is 12.2 Å². The standard InChI is InChI=1S/C23H43NO9Si/c1-20(2)22(26)32-17-18-33-23(27)24-15-12-10-8-6-7-9-11-14-21(25)31-16-13-19-34(28-3,29-4)30-5/h1,6-19H2,2-5H3,(H,24,27). The zero-order valence-corrected chi connectivity index (χ0v) is 22.3. The molecule has 0 rings (SSSR count). The van der Waals surface area contributed by atoms with E-state index < -0.39 is 20.9 Å². The summed E-state index contributed by atoms with van der Waals surface area (Å²) in [5.41, 5.74) is 0.306. The Bertz CT molecular complexity index is 589. The van der Waals surface area contributed by atoms with Crippen molar-refractivity contribution < 1.29 is 41.9 Å². The van der Waals surface area contributed by atoms with Gasteiger partial charge in [-0.05, 0) is 26.2 Å². The van der Waals surface area contributed by atoms with E-state index in [9.17, 15) is 14.4 Å². The molecule has 0 fully saturated rings. The molecule has 0 aliphatic rings. The number of unbranched alkanes of at least 4 members (excludes halogenated alkanes) is 6. The second-order valence-corrected chi connectivity index (χ2v) is 10.9. The summed E-state index contributed by atoms with van der Waals surface area (Å²) >= 11 is 0. The summed E-state index contributed by atoms with van der Waals surface area (Å²) in [6.45, 7) is 5.92. The van der Waals surface area contributed by atoms with Gasteiger partial charge in [0.25, 0.3) is 0 Å². The van der Waals surface area contributed by atoms with Crippen molar-refractivity contribution in [1.29, 1.82) is 0 Å². The molecular weight excluding hydrogens is 462 g/mol. The molecule has 0 saturated heterocycles. The van der Waals surface area contributed by atoms with E-state index in [-0.39, 0.29) is 19.2 Å². The van der Waals surface area contributed by atoms with Gasteiger partial charge in [-0.15, -0.1) is 0 Å². The maximum absolute atomic E-state index is 11.8. The maximum atomic E-state index is 11.8. The molecule has 0 aliphatic heterocycles. The first-order valence-corrected chi connectivity index (χ1v) is 13.8. The highest BCUT2D eigenvalue weighted by molar-refractivity contribution is 6.60. The van der Waals surface area contributed by atoms with Crippen LogP contribution in [0.3, 0.4) is 0 Å². The van der Waals surface area contributed by atoms with E-state index >= 15 is 0 Å². The molecule has 0 atom stereocenters. The number of alkyl carbamates (subject to hydrolysis) is 1. The van der Waals surface area contributed by atoms with Gasteiger partial charge in [-0.2, -0.15) is 0 Å². The number of amides is 1. The lowest BCUT2D eigenvalue weighted by Crippen LogP contribution is -2.42. The van der Waals surface area contributed by atoms with Gasteiger partial charge in [0.15, 0.2) is 0 Å². The van der Waals surface area contributed by atoms with Crippen LogP contribution in [0.4, 0.5) is 4.79 Å². The molecule has 34 heavy (non-hydrogen) atoms. The summed E-state index contributed by atoms with van der Waals surface area (Å²) in [6, 6.07) is 0.605. The molecule has 0 saturated carbocycles. The van der Waals surface area contributed by atoms with E-state index in [2.05, 4.69) is 11.9 Å². The fourth-order valence-electron chi connectivity index (χ4n) is 3.01. The quantitative estimate of drug-likeness (QED) is 0.0817. The number of esters is 2. The van der Waals surface area contributed by atoms with Gasteiger partial charge in [0.05, 0.1) is 6.61 Å². The van der Waals surface area contributed by atoms with Gasteiger partial charge >= 0.3 is 26.8 Å². The second-order valence-electron chi connectivity index (χ2n) is 7.82. The summed E-state index contributed by atoms with van der Waals surface area (Å²) in [5.74, 6) is -0.674. The molecule has 0 aromatic heterocycles. The number of carbonyl (C=O) groups excluding carboxylic acids is 3. The van der Waals surface area contributed by atoms with Gasteiger partial charge < -0.3 is 32.8 Å². The number of hydrogen-bond donors (Lipinski definition) is 1. The van der Waals surface area contributed by atoms with Crippen molar-refractivity contribution >= 4 is 26.8 Å². The highest BCUT2D eigenvalue weighted by atomic mass is 28.4. The number of nitrogens with one attached hydrogen (secondary N) is 1. The molecule has 0 unspecified atom stereocenters. The zero-order valence-electron chi connectivity index (χ0n) is 21.3. The molecule has 1 amide bonds. The average Bonchev–Trinajstić information content (AvgIpc) is 2.83. The van der Waals surface area contributed by atoms with E-state index in [1.54, 1.807) is 28.3 Å². The Hall–Kier alpha value is -1.95. The topological polar surface area (TPSA) is 119 Å². The van der Waals surface area contributed by atoms with Crippen molar-refractivity contribution in [1.82, 2.24) is 5.32 Å². The monoisotopic (exact) mass is 505 g/mol. The average molecular weight is 506 g/mol. The summed E-state index contributed by atoms with van der Waals surface area (Å²) in [4.78, 5) is 34.5. The van der Waals surface area contributed by atoms with Crippen LogP contribution < -0.4 is 5.32 Å². The largest absolute Gasteiger partial charge is 0.500 e. The summed E-state index contributed by atoms with van der Waals surface area (Å²) < 4.78 is 31.0. The lowest BCUT2D eigenvalue weighted by molar-refractivity contribution is -0.144. The van der Waals surface area contributed by atoms with Crippen LogP contribution in [0, 0.1) is 0 Å². The van der Waals surface area contributed by atoms with Crippen molar-refractivity contribution in [2.75, 3.05) is 47.7 Å². The first-order valence-electron chi connectivity index (χ1n) is 11.8. The molecule has 0 bridgehead atoms. The SMILES string of the molecule is C=C(C)C(=O)OCCOC(=O)NCCCCCCCCCC(=O)OCCC[Si](OC)(OC)OC. The van der Waals surface area contributed by atoms with Crippen LogP contribution in [-0.2, 0) is 37.1 Å². The minimum Gasteiger partial charge on any atom is -0.466 e. The van der Waals surface area contributed by atoms with E-state index in [1.807, 2.05) is 0 Å². The van der Waals surface area contributed by atoms with Crippen LogP contribution in [0.2, 0.25) is 6.04 Å². The summed E-state index contributed by atoms with van der Waals surface area (Å²) in [6.07, 6.45) is 7.46. The molecule has 198 valence electrons. The normalized spacial score (nSPS) is 11.1. The van der Waals surface area contributed by atoms with Crippen LogP contribution in [0.1, 0.15) is 64.7 Å². The third-order valence-electron chi connectivity index (χ3n) is 5.05. The van der Waals surface area contributed by atoms with E-state index in [4.69, 9.17) is 27.5 Å². The zero-order chi connectivity index (χ0) is 25.7. The number of carbonyl (C=O) groups is 3. The molecule has 11 heteroatoms. The smallest absolute Gasteiger partial charge is 0.466 e. The first-order chi connectivity index (χ1) is 16.3. The molecule has 0 heterocycles. The lowest BCUT2D eigenvalue weighted by atomic mass is 10.1. The summed E-state index contributed by atoms with van der Waals surface area (Å²) in [5, 5.41) is 2.67. The van der Waals surface area contributed by atoms with Gasteiger partial charge in [0.2, 0.25) is 0 Å². The third kappa shape index (κ3) is 16.6. The number of rotatable bonds is 21. The Balaban J connectivity index is 3.48. The van der Waals surface area contributed by atoms with Crippen molar-refractivity contribution in [3.63, 3.8) is 0 Å². The number of hydrogen-bond acceptors (Lipinski definition) is 9. The van der Waals surface area contributed by atoms with Gasteiger partial charge in [0.1, 0.15) is 13.2 Å². The Morgan fingerprint density at radius 1 is 0.735 bits per heavy atom. The Morgan fingerprint density at radius 2 is 1.29 bits per heavy atom. The molecule has 0 aromatic carbocycles. The molecule has 0 aromatic rings. The molecule has 10 nitrogen and oxygen atoms in total. The van der Waals surface area contributed by atoms with E-state index in [0.29, 0.717) is 37.6 Å². The highest BCUT2D eigenvalue weighted by Crippen LogP contribution is 2.15. The Kier molecular flexibility index (Phi) is 19.2. The minimum absolute atomic E-state index is 0.00995. The lowest BCUT2D eigenvalue weighted by Gasteiger charge is -2.24. The van der Waals surface area contributed by atoms with Crippen molar-refractivity contribution in [2.45, 2.75) is 70.8 Å². The Morgan fingerprint density at radius 3 is 1.88 bits per heavy atom. The van der Waals surface area contributed by atoms with E-state index in [1.165, 1.54) is 0 Å². The van der Waals surface area contributed by atoms with Gasteiger partial charge in [-0.25, -0.2) is 9.59 Å². The molecular formula is C23H43NO9Si. The van der Waals surface area contributed by atoms with Crippen molar-refractivity contribution in [3.8, 4) is 0 Å². The predicted octanol–water partition coefficient (Wildman–Crippen LogP) is 3.76. The van der Waals surface area contributed by atoms with Gasteiger partial charge in [-0.3, -0.25) is 4.79 Å². The predicted molar refractivity (Wildman–Crippen MR) is 129 cm³/mol. The third-order valence-corrected chi connectivity index (χ3v) is 7.88. The van der Waals surface area contributed by atoms with Gasteiger partial charge in [0, 0.05) is 45.9 Å². The van der Waals surface area contributed by atoms with E-state index in [0.717, 1.165) is 44.9 Å². The fraction of sp³-hybridized carbons (Fsp3) is 0.783. The molecule has 0 radical (unpaired) electrons. The molecule has 0 aliphatic carbocycles. The van der Waals surface area contributed by atoms with Gasteiger partial charge in [-0.1, -0.05) is 38.7 Å². The summed E-state index contributed by atoms with van der Waals surface area (Å²) in [7, 11) is 2.10. The van der Waals surface area contributed by atoms with Crippen LogP contribution in [0.15, 0.2) is 12.2 Å². The highest BCUT2D eigenvalue weighted by Gasteiger charge is 2.36. The maximum Gasteiger partial charge on any atom is 0.500 e. The molecule has 0 spiro atoms. The number of ether oxygens (including phenoxy) is 3. The van der Waals surface area contributed by atoms with Crippen molar-refractivity contribution in [2.24, 2.45) is 0 Å². The van der Waals surface area contributed by atoms with Crippen LogP contribution in [0.5, 0.6) is 0 Å². The van der Waals surface area contributed by atoms with Crippen LogP contribution >= 0.6 is 0 Å². The van der Waals surface area contributed by atoms with Crippen LogP contribution in [-0.4, -0.2) is 74.5 Å². The fourth-order valence-corrected chi connectivity index (χ4v) is 4.70. The minimum atomic E-state index is -2.60. The first kappa shape index (κ1) is 32.0.